The first-order valence-electron chi connectivity index (χ1n) is 4.75. The van der Waals surface area contributed by atoms with Crippen LogP contribution in [-0.4, -0.2) is 30.7 Å². The van der Waals surface area contributed by atoms with Crippen LogP contribution >= 0.6 is 12.2 Å². The Labute approximate surface area is 101 Å². The van der Waals surface area contributed by atoms with E-state index in [0.29, 0.717) is 11.5 Å². The Hall–Kier alpha value is -2.09. The predicted molar refractivity (Wildman–Crippen MR) is 58.2 cm³/mol. The molecule has 17 heavy (non-hydrogen) atoms. The average molecular weight is 250 g/mol. The molecule has 0 aliphatic heterocycles. The van der Waals surface area contributed by atoms with Crippen molar-refractivity contribution in [1.29, 1.82) is 0 Å². The van der Waals surface area contributed by atoms with Gasteiger partial charge >= 0.3 is 0 Å². The summed E-state index contributed by atoms with van der Waals surface area (Å²) in [6.45, 7) is 1.46. The van der Waals surface area contributed by atoms with E-state index in [0.717, 1.165) is 0 Å². The number of aromatic nitrogens is 5. The van der Waals surface area contributed by atoms with E-state index >= 15 is 0 Å². The molecule has 1 atom stereocenters. The van der Waals surface area contributed by atoms with Crippen molar-refractivity contribution in [2.75, 3.05) is 0 Å². The van der Waals surface area contributed by atoms with Gasteiger partial charge in [0.25, 0.3) is 0 Å². The summed E-state index contributed by atoms with van der Waals surface area (Å²) < 4.78 is 1.52. The Balaban J connectivity index is 2.58. The summed E-state index contributed by atoms with van der Waals surface area (Å²) in [7, 11) is 0. The van der Waals surface area contributed by atoms with Gasteiger partial charge in [0.1, 0.15) is 5.69 Å². The molecule has 0 unspecified atom stereocenters. The third kappa shape index (κ3) is 2.07. The minimum Gasteiger partial charge on any atom is -0.548 e. The number of carbonyl (C=O) groups is 1. The molecule has 1 N–H and O–H groups in total. The molecule has 0 saturated heterocycles. The molecule has 7 nitrogen and oxygen atoms in total. The van der Waals surface area contributed by atoms with Crippen LogP contribution in [0.3, 0.4) is 0 Å². The van der Waals surface area contributed by atoms with E-state index in [1.807, 2.05) is 0 Å². The van der Waals surface area contributed by atoms with Crippen molar-refractivity contribution in [2.45, 2.75) is 13.0 Å². The smallest absolute Gasteiger partial charge is 0.196 e. The molecule has 0 radical (unpaired) electrons. The molecule has 2 aromatic rings. The highest BCUT2D eigenvalue weighted by Gasteiger charge is 2.15. The molecular formula is C9H8N5O2S-. The summed E-state index contributed by atoms with van der Waals surface area (Å²) in [4.78, 5) is 18.8. The summed E-state index contributed by atoms with van der Waals surface area (Å²) in [6.07, 6.45) is 4.47. The van der Waals surface area contributed by atoms with Crippen LogP contribution in [0, 0.1) is 4.77 Å². The van der Waals surface area contributed by atoms with E-state index in [1.165, 1.54) is 30.1 Å². The normalized spacial score (nSPS) is 12.3. The summed E-state index contributed by atoms with van der Waals surface area (Å²) in [5.74, 6) is -0.924. The fourth-order valence-electron chi connectivity index (χ4n) is 1.36. The van der Waals surface area contributed by atoms with Crippen molar-refractivity contribution in [3.05, 3.63) is 23.4 Å². The van der Waals surface area contributed by atoms with Crippen LogP contribution in [0.25, 0.3) is 11.5 Å². The lowest BCUT2D eigenvalue weighted by Crippen LogP contribution is -2.32. The standard InChI is InChI=1S/C9H9N5O2S/c1-5(8(15)16)14-7(12-13-9(14)17)6-4-10-2-3-11-6/h2-5H,1H3,(H,13,17)(H,15,16)/p-1/t5-/m0/s1. The quantitative estimate of drug-likeness (QED) is 0.751. The van der Waals surface area contributed by atoms with Crippen LogP contribution < -0.4 is 5.11 Å². The lowest BCUT2D eigenvalue weighted by Gasteiger charge is -2.15. The number of nitrogens with zero attached hydrogens (tertiary/aromatic N) is 4. The SMILES string of the molecule is C[C@@H](C(=O)[O-])n1c(-c2cnccn2)n[nH]c1=S. The number of aromatic amines is 1. The van der Waals surface area contributed by atoms with Crippen molar-refractivity contribution in [1.82, 2.24) is 24.7 Å². The molecule has 8 heteroatoms. The Morgan fingerprint density at radius 3 is 2.94 bits per heavy atom. The van der Waals surface area contributed by atoms with Gasteiger partial charge in [0.2, 0.25) is 0 Å². The number of H-pyrrole nitrogens is 1. The zero-order valence-electron chi connectivity index (χ0n) is 8.82. The molecule has 2 heterocycles. The first-order chi connectivity index (χ1) is 8.11. The van der Waals surface area contributed by atoms with Gasteiger partial charge in [-0.05, 0) is 19.1 Å². The Kier molecular flexibility index (Phi) is 2.96. The van der Waals surface area contributed by atoms with Crippen molar-refractivity contribution in [3.8, 4) is 11.5 Å². The number of hydrogen-bond acceptors (Lipinski definition) is 6. The zero-order valence-corrected chi connectivity index (χ0v) is 9.64. The summed E-state index contributed by atoms with van der Waals surface area (Å²) in [5.41, 5.74) is 0.438. The van der Waals surface area contributed by atoms with Gasteiger partial charge in [0.15, 0.2) is 10.6 Å². The number of carbonyl (C=O) groups excluding carboxylic acids is 1. The summed E-state index contributed by atoms with van der Waals surface area (Å²) in [5, 5.41) is 17.3. The fourth-order valence-corrected chi connectivity index (χ4v) is 1.65. The Morgan fingerprint density at radius 2 is 2.35 bits per heavy atom. The molecular weight excluding hydrogens is 242 g/mol. The van der Waals surface area contributed by atoms with Crippen LogP contribution in [0.1, 0.15) is 13.0 Å². The summed E-state index contributed by atoms with van der Waals surface area (Å²) in [6, 6.07) is -0.932. The zero-order chi connectivity index (χ0) is 12.4. The van der Waals surface area contributed by atoms with Gasteiger partial charge in [0, 0.05) is 12.4 Å². The predicted octanol–water partition coefficient (Wildman–Crippen LogP) is -0.291. The second-order valence-electron chi connectivity index (χ2n) is 3.31. The van der Waals surface area contributed by atoms with E-state index in [1.54, 1.807) is 0 Å². The van der Waals surface area contributed by atoms with Crippen LogP contribution in [0.2, 0.25) is 0 Å². The second-order valence-corrected chi connectivity index (χ2v) is 3.69. The van der Waals surface area contributed by atoms with E-state index in [2.05, 4.69) is 20.2 Å². The highest BCUT2D eigenvalue weighted by Crippen LogP contribution is 2.17. The van der Waals surface area contributed by atoms with Gasteiger partial charge in [-0.15, -0.1) is 0 Å². The molecule has 0 fully saturated rings. The summed E-state index contributed by atoms with van der Waals surface area (Å²) >= 11 is 4.97. The number of aliphatic carboxylic acids is 1. The van der Waals surface area contributed by atoms with Crippen molar-refractivity contribution in [3.63, 3.8) is 0 Å². The van der Waals surface area contributed by atoms with Gasteiger partial charge < -0.3 is 9.90 Å². The van der Waals surface area contributed by atoms with E-state index in [9.17, 15) is 9.90 Å². The number of nitrogens with one attached hydrogen (secondary N) is 1. The molecule has 0 amide bonds. The van der Waals surface area contributed by atoms with Crippen LogP contribution in [0.4, 0.5) is 0 Å². The van der Waals surface area contributed by atoms with E-state index in [-0.39, 0.29) is 4.77 Å². The van der Waals surface area contributed by atoms with Gasteiger partial charge in [-0.1, -0.05) is 0 Å². The van der Waals surface area contributed by atoms with E-state index < -0.39 is 12.0 Å². The third-order valence-electron chi connectivity index (χ3n) is 2.23. The van der Waals surface area contributed by atoms with Gasteiger partial charge in [-0.3, -0.25) is 14.6 Å². The monoisotopic (exact) mass is 250 g/mol. The Bertz CT molecular complexity index is 591. The number of hydrogen-bond donors (Lipinski definition) is 1. The lowest BCUT2D eigenvalue weighted by atomic mass is 10.3. The highest BCUT2D eigenvalue weighted by atomic mass is 32.1. The maximum atomic E-state index is 10.9. The van der Waals surface area contributed by atoms with E-state index in [4.69, 9.17) is 12.2 Å². The van der Waals surface area contributed by atoms with Crippen molar-refractivity contribution < 1.29 is 9.90 Å². The molecule has 0 bridgehead atoms. The largest absolute Gasteiger partial charge is 0.548 e. The van der Waals surface area contributed by atoms with Crippen molar-refractivity contribution in [2.24, 2.45) is 0 Å². The van der Waals surface area contributed by atoms with Crippen LogP contribution in [0.15, 0.2) is 18.6 Å². The first-order valence-corrected chi connectivity index (χ1v) is 5.16. The Morgan fingerprint density at radius 1 is 1.59 bits per heavy atom. The molecule has 0 aliphatic carbocycles. The minimum absolute atomic E-state index is 0.197. The minimum atomic E-state index is -1.24. The topological polar surface area (TPSA) is 99.5 Å². The molecule has 0 spiro atoms. The molecule has 88 valence electrons. The lowest BCUT2D eigenvalue weighted by molar-refractivity contribution is -0.309. The first kappa shape index (κ1) is 11.4. The molecule has 0 aromatic carbocycles. The maximum absolute atomic E-state index is 10.9. The number of carboxylic acids is 1. The fraction of sp³-hybridized carbons (Fsp3) is 0.222. The second kappa shape index (κ2) is 4.42. The molecule has 2 rings (SSSR count). The van der Waals surface area contributed by atoms with Crippen LogP contribution in [-0.2, 0) is 4.79 Å². The number of rotatable bonds is 3. The molecule has 0 aliphatic rings. The molecule has 0 saturated carbocycles. The third-order valence-corrected chi connectivity index (χ3v) is 2.51. The highest BCUT2D eigenvalue weighted by molar-refractivity contribution is 7.71. The van der Waals surface area contributed by atoms with Crippen molar-refractivity contribution >= 4 is 18.2 Å². The maximum Gasteiger partial charge on any atom is 0.196 e. The number of carboxylic acid groups (broad SMARTS) is 1. The van der Waals surface area contributed by atoms with Gasteiger partial charge in [-0.2, -0.15) is 5.10 Å². The average Bonchev–Trinajstić information content (AvgIpc) is 2.71. The van der Waals surface area contributed by atoms with Gasteiger partial charge in [-0.25, -0.2) is 4.98 Å². The molecule has 2 aromatic heterocycles. The van der Waals surface area contributed by atoms with Crippen LogP contribution in [0.5, 0.6) is 0 Å². The van der Waals surface area contributed by atoms with Gasteiger partial charge in [0.05, 0.1) is 18.2 Å².